The molecular formula is C22H25F2N3O2. The van der Waals surface area contributed by atoms with Gasteiger partial charge in [0.15, 0.2) is 0 Å². The predicted octanol–water partition coefficient (Wildman–Crippen LogP) is 3.10. The number of nitrogens with two attached hydrogens (primary N) is 1. The number of hydrogen-bond acceptors (Lipinski definition) is 3. The zero-order chi connectivity index (χ0) is 21.1. The summed E-state index contributed by atoms with van der Waals surface area (Å²) in [6.45, 7) is 2.36. The first-order valence-corrected chi connectivity index (χ1v) is 9.60. The molecule has 0 radical (unpaired) electrons. The smallest absolute Gasteiger partial charge is 0.258 e. The maximum absolute atomic E-state index is 13.4. The molecule has 3 atom stereocenters. The largest absolute Gasteiger partial charge is 0.338 e. The van der Waals surface area contributed by atoms with Crippen LogP contribution in [0.5, 0.6) is 0 Å². The average Bonchev–Trinajstić information content (AvgIpc) is 3.18. The van der Waals surface area contributed by atoms with Crippen LogP contribution in [0.1, 0.15) is 35.2 Å². The number of carbonyl (C=O) groups excluding carboxylic acids is 2. The maximum atomic E-state index is 13.4. The van der Waals surface area contributed by atoms with Crippen molar-refractivity contribution in [1.82, 2.24) is 4.90 Å². The number of alkyl halides is 1. The Balaban J connectivity index is 1.67. The molecule has 0 aliphatic carbocycles. The SMILES string of the molecule is C[C@@H](c1ccc(N(C)C(=O)c2ccc(F)cc2)cc1)[C@H](N)C(=O)N1CC[C@H](F)C1. The topological polar surface area (TPSA) is 66.6 Å². The lowest BCUT2D eigenvalue weighted by Gasteiger charge is -2.25. The first-order chi connectivity index (χ1) is 13.8. The van der Waals surface area contributed by atoms with E-state index in [-0.39, 0.29) is 24.3 Å². The van der Waals surface area contributed by atoms with E-state index in [4.69, 9.17) is 5.73 Å². The number of amides is 2. The van der Waals surface area contributed by atoms with Gasteiger partial charge < -0.3 is 15.5 Å². The highest BCUT2D eigenvalue weighted by atomic mass is 19.1. The number of halogens is 2. The molecule has 0 aromatic heterocycles. The average molecular weight is 401 g/mol. The zero-order valence-corrected chi connectivity index (χ0v) is 16.5. The molecule has 0 spiro atoms. The third kappa shape index (κ3) is 4.62. The molecule has 1 fully saturated rings. The molecular weight excluding hydrogens is 376 g/mol. The first-order valence-electron chi connectivity index (χ1n) is 9.60. The van der Waals surface area contributed by atoms with E-state index < -0.39 is 18.0 Å². The van der Waals surface area contributed by atoms with Crippen molar-refractivity contribution in [3.63, 3.8) is 0 Å². The second-order valence-electron chi connectivity index (χ2n) is 7.45. The Morgan fingerprint density at radius 1 is 1.14 bits per heavy atom. The number of likely N-dealkylation sites (tertiary alicyclic amines) is 1. The van der Waals surface area contributed by atoms with Crippen molar-refractivity contribution in [3.05, 3.63) is 65.5 Å². The lowest BCUT2D eigenvalue weighted by molar-refractivity contribution is -0.132. The predicted molar refractivity (Wildman–Crippen MR) is 108 cm³/mol. The molecule has 1 heterocycles. The molecule has 0 bridgehead atoms. The number of benzene rings is 2. The third-order valence-electron chi connectivity index (χ3n) is 5.47. The van der Waals surface area contributed by atoms with Crippen molar-refractivity contribution in [3.8, 4) is 0 Å². The van der Waals surface area contributed by atoms with Crippen LogP contribution in [-0.2, 0) is 4.79 Å². The monoisotopic (exact) mass is 401 g/mol. The summed E-state index contributed by atoms with van der Waals surface area (Å²) in [6.07, 6.45) is -0.620. The molecule has 29 heavy (non-hydrogen) atoms. The van der Waals surface area contributed by atoms with E-state index in [1.54, 1.807) is 19.2 Å². The van der Waals surface area contributed by atoms with Gasteiger partial charge in [-0.25, -0.2) is 8.78 Å². The minimum atomic E-state index is -0.977. The van der Waals surface area contributed by atoms with Gasteiger partial charge in [0.2, 0.25) is 5.91 Å². The van der Waals surface area contributed by atoms with E-state index in [1.807, 2.05) is 19.1 Å². The van der Waals surface area contributed by atoms with E-state index >= 15 is 0 Å². The fraction of sp³-hybridized carbons (Fsp3) is 0.364. The van der Waals surface area contributed by atoms with Crippen LogP contribution in [0.3, 0.4) is 0 Å². The maximum Gasteiger partial charge on any atom is 0.258 e. The van der Waals surface area contributed by atoms with Gasteiger partial charge in [-0.3, -0.25) is 9.59 Å². The molecule has 2 aromatic rings. The Labute approximate surface area is 169 Å². The van der Waals surface area contributed by atoms with Crippen LogP contribution in [0.25, 0.3) is 0 Å². The summed E-state index contributed by atoms with van der Waals surface area (Å²) >= 11 is 0. The summed E-state index contributed by atoms with van der Waals surface area (Å²) in [4.78, 5) is 28.0. The third-order valence-corrected chi connectivity index (χ3v) is 5.47. The highest BCUT2D eigenvalue weighted by Crippen LogP contribution is 2.25. The minimum Gasteiger partial charge on any atom is -0.338 e. The van der Waals surface area contributed by atoms with Crippen LogP contribution in [-0.4, -0.2) is 49.1 Å². The molecule has 2 N–H and O–H groups in total. The lowest BCUT2D eigenvalue weighted by Crippen LogP contribution is -2.45. The molecule has 0 saturated carbocycles. The second-order valence-corrected chi connectivity index (χ2v) is 7.45. The molecule has 1 aliphatic heterocycles. The first kappa shape index (κ1) is 20.9. The molecule has 1 saturated heterocycles. The molecule has 5 nitrogen and oxygen atoms in total. The number of rotatable bonds is 5. The molecule has 154 valence electrons. The van der Waals surface area contributed by atoms with Crippen LogP contribution < -0.4 is 10.6 Å². The highest BCUT2D eigenvalue weighted by molar-refractivity contribution is 6.05. The van der Waals surface area contributed by atoms with Crippen molar-refractivity contribution >= 4 is 17.5 Å². The van der Waals surface area contributed by atoms with E-state index in [9.17, 15) is 18.4 Å². The van der Waals surface area contributed by atoms with Gasteiger partial charge in [-0.1, -0.05) is 19.1 Å². The Hall–Kier alpha value is -2.80. The molecule has 2 aromatic carbocycles. The van der Waals surface area contributed by atoms with Gasteiger partial charge in [0, 0.05) is 30.8 Å². The van der Waals surface area contributed by atoms with Gasteiger partial charge in [0.1, 0.15) is 12.0 Å². The standard InChI is InChI=1S/C22H25F2N3O2/c1-14(20(25)22(29)27-12-11-18(24)13-27)15-5-9-19(10-6-15)26(2)21(28)16-3-7-17(23)8-4-16/h3-10,14,18,20H,11-13,25H2,1-2H3/t14-,18-,20-/m0/s1. The van der Waals surface area contributed by atoms with E-state index in [0.29, 0.717) is 24.2 Å². The van der Waals surface area contributed by atoms with Crippen molar-refractivity contribution in [1.29, 1.82) is 0 Å². The summed E-state index contributed by atoms with van der Waals surface area (Å²) < 4.78 is 26.4. The summed E-state index contributed by atoms with van der Waals surface area (Å²) in [5.74, 6) is -1.16. The van der Waals surface area contributed by atoms with E-state index in [2.05, 4.69) is 0 Å². The van der Waals surface area contributed by atoms with Crippen molar-refractivity contribution in [2.45, 2.75) is 31.5 Å². The van der Waals surface area contributed by atoms with Crippen molar-refractivity contribution < 1.29 is 18.4 Å². The number of anilines is 1. The Kier molecular flexibility index (Phi) is 6.27. The van der Waals surface area contributed by atoms with Crippen LogP contribution >= 0.6 is 0 Å². The number of hydrogen-bond donors (Lipinski definition) is 1. The van der Waals surface area contributed by atoms with Crippen molar-refractivity contribution in [2.75, 3.05) is 25.0 Å². The van der Waals surface area contributed by atoms with Gasteiger partial charge in [0.05, 0.1) is 12.6 Å². The quantitative estimate of drug-likeness (QED) is 0.837. The molecule has 3 rings (SSSR count). The van der Waals surface area contributed by atoms with Gasteiger partial charge >= 0.3 is 0 Å². The van der Waals surface area contributed by atoms with Gasteiger partial charge in [-0.05, 0) is 48.4 Å². The van der Waals surface area contributed by atoms with Gasteiger partial charge in [-0.15, -0.1) is 0 Å². The van der Waals surface area contributed by atoms with E-state index in [1.165, 1.54) is 34.1 Å². The summed E-state index contributed by atoms with van der Waals surface area (Å²) in [5.41, 5.74) is 8.05. The van der Waals surface area contributed by atoms with Crippen molar-refractivity contribution in [2.24, 2.45) is 5.73 Å². The number of carbonyl (C=O) groups is 2. The normalized spacial score (nSPS) is 18.4. The summed E-state index contributed by atoms with van der Waals surface area (Å²) in [7, 11) is 1.64. The Bertz CT molecular complexity index is 871. The van der Waals surface area contributed by atoms with Crippen LogP contribution in [0.2, 0.25) is 0 Å². The van der Waals surface area contributed by atoms with Gasteiger partial charge in [-0.2, -0.15) is 0 Å². The molecule has 1 aliphatic rings. The molecule has 2 amide bonds. The second kappa shape index (κ2) is 8.69. The number of nitrogens with zero attached hydrogens (tertiary/aromatic N) is 2. The van der Waals surface area contributed by atoms with Gasteiger partial charge in [0.25, 0.3) is 5.91 Å². The molecule has 0 unspecified atom stereocenters. The van der Waals surface area contributed by atoms with Crippen LogP contribution in [0, 0.1) is 5.82 Å². The Morgan fingerprint density at radius 3 is 2.31 bits per heavy atom. The fourth-order valence-electron chi connectivity index (χ4n) is 3.45. The zero-order valence-electron chi connectivity index (χ0n) is 16.5. The van der Waals surface area contributed by atoms with Crippen LogP contribution in [0.15, 0.2) is 48.5 Å². The van der Waals surface area contributed by atoms with E-state index in [0.717, 1.165) is 5.56 Å². The van der Waals surface area contributed by atoms with Crippen LogP contribution in [0.4, 0.5) is 14.5 Å². The fourth-order valence-corrected chi connectivity index (χ4v) is 3.45. The molecule has 7 heteroatoms. The lowest BCUT2D eigenvalue weighted by atomic mass is 9.92. The summed E-state index contributed by atoms with van der Waals surface area (Å²) in [5, 5.41) is 0. The Morgan fingerprint density at radius 2 is 1.76 bits per heavy atom. The highest BCUT2D eigenvalue weighted by Gasteiger charge is 2.32. The summed E-state index contributed by atoms with van der Waals surface area (Å²) in [6, 6.07) is 11.8. The minimum absolute atomic E-state index is 0.106.